The van der Waals surface area contributed by atoms with E-state index in [1.54, 1.807) is 24.3 Å². The maximum atomic E-state index is 13.4. The largest absolute Gasteiger partial charge is 0.497 e. The van der Waals surface area contributed by atoms with E-state index < -0.39 is 23.3 Å². The first-order valence-electron chi connectivity index (χ1n) is 8.07. The first kappa shape index (κ1) is 17.3. The van der Waals surface area contributed by atoms with Gasteiger partial charge in [-0.2, -0.15) is 18.3 Å². The lowest BCUT2D eigenvalue weighted by atomic mass is 9.86. The Labute approximate surface area is 146 Å². The third-order valence-electron chi connectivity index (χ3n) is 4.88. The number of ether oxygens (including phenoxy) is 3. The van der Waals surface area contributed by atoms with Crippen LogP contribution in [-0.2, 0) is 34.3 Å². The molecular weight excluding hydrogens is 353 g/mol. The summed E-state index contributed by atoms with van der Waals surface area (Å²) in [4.78, 5) is 0. The van der Waals surface area contributed by atoms with E-state index in [1.807, 2.05) is 5.10 Å². The topological polar surface area (TPSA) is 76.6 Å². The van der Waals surface area contributed by atoms with Crippen LogP contribution in [0.4, 0.5) is 13.2 Å². The van der Waals surface area contributed by atoms with Crippen molar-refractivity contribution in [2.24, 2.45) is 0 Å². The number of rotatable bonds is 3. The average Bonchev–Trinajstić information content (AvgIpc) is 3.26. The number of halogens is 3. The Kier molecular flexibility index (Phi) is 3.80. The Bertz CT molecular complexity index is 812. The highest BCUT2D eigenvalue weighted by atomic mass is 19.4. The van der Waals surface area contributed by atoms with Crippen LogP contribution in [0.25, 0.3) is 0 Å². The molecule has 1 saturated heterocycles. The van der Waals surface area contributed by atoms with Crippen molar-refractivity contribution in [3.8, 4) is 5.75 Å². The number of hydrogen-bond acceptors (Lipinski definition) is 5. The lowest BCUT2D eigenvalue weighted by Gasteiger charge is -2.38. The number of alkyl halides is 3. The van der Waals surface area contributed by atoms with E-state index in [0.29, 0.717) is 5.75 Å². The molecule has 1 atom stereocenters. The molecule has 6 nitrogen and oxygen atoms in total. The monoisotopic (exact) mass is 370 g/mol. The molecule has 0 radical (unpaired) electrons. The summed E-state index contributed by atoms with van der Waals surface area (Å²) < 4.78 is 56.5. The van der Waals surface area contributed by atoms with Gasteiger partial charge < -0.3 is 19.3 Å². The van der Waals surface area contributed by atoms with Gasteiger partial charge in [0.25, 0.3) is 0 Å². The van der Waals surface area contributed by atoms with Crippen molar-refractivity contribution < 1.29 is 32.5 Å². The Hall–Kier alpha value is -2.10. The first-order valence-corrected chi connectivity index (χ1v) is 8.07. The summed E-state index contributed by atoms with van der Waals surface area (Å²) in [6.07, 6.45) is -4.72. The molecule has 0 saturated carbocycles. The van der Waals surface area contributed by atoms with E-state index in [9.17, 15) is 18.3 Å². The van der Waals surface area contributed by atoms with Crippen molar-refractivity contribution in [3.63, 3.8) is 0 Å². The molecule has 1 aromatic carbocycles. The number of hydrogen-bond donors (Lipinski definition) is 2. The Morgan fingerprint density at radius 3 is 2.46 bits per heavy atom. The SMILES string of the molecule is COc1ccc(CC2(O)Cc3n[nH]c(C(F)(F)F)c3C23OCCO3)cc1. The Morgan fingerprint density at radius 2 is 1.88 bits per heavy atom. The fraction of sp³-hybridized carbons (Fsp3) is 0.471. The number of benzene rings is 1. The molecule has 2 heterocycles. The van der Waals surface area contributed by atoms with Crippen molar-refractivity contribution in [1.29, 1.82) is 0 Å². The molecule has 1 unspecified atom stereocenters. The molecule has 9 heteroatoms. The third-order valence-corrected chi connectivity index (χ3v) is 4.88. The highest BCUT2D eigenvalue weighted by molar-refractivity contribution is 5.43. The highest BCUT2D eigenvalue weighted by Crippen LogP contribution is 2.54. The third kappa shape index (κ3) is 2.42. The maximum absolute atomic E-state index is 13.4. The first-order chi connectivity index (χ1) is 12.3. The number of fused-ring (bicyclic) bond motifs is 2. The zero-order chi connectivity index (χ0) is 18.6. The van der Waals surface area contributed by atoms with Gasteiger partial charge in [-0.1, -0.05) is 12.1 Å². The molecule has 1 aliphatic heterocycles. The second kappa shape index (κ2) is 5.70. The Morgan fingerprint density at radius 1 is 1.23 bits per heavy atom. The van der Waals surface area contributed by atoms with Gasteiger partial charge in [-0.05, 0) is 17.7 Å². The molecular formula is C17H17F3N2O4. The van der Waals surface area contributed by atoms with Crippen LogP contribution < -0.4 is 4.74 Å². The van der Waals surface area contributed by atoms with Gasteiger partial charge in [0.05, 0.1) is 31.6 Å². The zero-order valence-corrected chi connectivity index (χ0v) is 13.9. The van der Waals surface area contributed by atoms with Crippen LogP contribution in [-0.4, -0.2) is 41.2 Å². The quantitative estimate of drug-likeness (QED) is 0.866. The average molecular weight is 370 g/mol. The second-order valence-corrected chi connectivity index (χ2v) is 6.46. The van der Waals surface area contributed by atoms with E-state index in [-0.39, 0.29) is 37.3 Å². The van der Waals surface area contributed by atoms with Gasteiger partial charge >= 0.3 is 6.18 Å². The summed E-state index contributed by atoms with van der Waals surface area (Å²) in [5.74, 6) is -1.25. The molecule has 0 bridgehead atoms. The highest BCUT2D eigenvalue weighted by Gasteiger charge is 2.65. The minimum atomic E-state index is -4.66. The number of aromatic nitrogens is 2. The van der Waals surface area contributed by atoms with E-state index in [1.165, 1.54) is 7.11 Å². The minimum Gasteiger partial charge on any atom is -0.497 e. The van der Waals surface area contributed by atoms with Crippen LogP contribution in [0.1, 0.15) is 22.5 Å². The molecule has 2 aliphatic rings. The van der Waals surface area contributed by atoms with E-state index >= 15 is 0 Å². The number of aliphatic hydroxyl groups is 1. The predicted octanol–water partition coefficient (Wildman–Crippen LogP) is 2.17. The summed E-state index contributed by atoms with van der Waals surface area (Å²) in [6.45, 7) is 0.180. The van der Waals surface area contributed by atoms with Crippen LogP contribution in [0.5, 0.6) is 5.75 Å². The molecule has 0 amide bonds. The minimum absolute atomic E-state index is 0.0463. The zero-order valence-electron chi connectivity index (χ0n) is 13.9. The van der Waals surface area contributed by atoms with Gasteiger partial charge in [-0.3, -0.25) is 5.10 Å². The molecule has 2 N–H and O–H groups in total. The van der Waals surface area contributed by atoms with Crippen molar-refractivity contribution in [1.82, 2.24) is 10.2 Å². The fourth-order valence-corrected chi connectivity index (χ4v) is 3.78. The number of aromatic amines is 1. The van der Waals surface area contributed by atoms with E-state index in [0.717, 1.165) is 5.56 Å². The van der Waals surface area contributed by atoms with Crippen LogP contribution in [0.3, 0.4) is 0 Å². The van der Waals surface area contributed by atoms with Crippen molar-refractivity contribution in [3.05, 3.63) is 46.8 Å². The summed E-state index contributed by atoms with van der Waals surface area (Å²) in [5.41, 5.74) is -2.17. The second-order valence-electron chi connectivity index (χ2n) is 6.46. The number of methoxy groups -OCH3 is 1. The van der Waals surface area contributed by atoms with Crippen LogP contribution in [0.15, 0.2) is 24.3 Å². The summed E-state index contributed by atoms with van der Waals surface area (Å²) in [5, 5.41) is 17.1. The molecule has 140 valence electrons. The number of H-pyrrole nitrogens is 1. The molecule has 1 aliphatic carbocycles. The van der Waals surface area contributed by atoms with Gasteiger partial charge in [-0.15, -0.1) is 0 Å². The van der Waals surface area contributed by atoms with Gasteiger partial charge in [0.2, 0.25) is 5.79 Å². The van der Waals surface area contributed by atoms with Crippen LogP contribution >= 0.6 is 0 Å². The molecule has 1 fully saturated rings. The lowest BCUT2D eigenvalue weighted by molar-refractivity contribution is -0.272. The van der Waals surface area contributed by atoms with E-state index in [2.05, 4.69) is 5.10 Å². The van der Waals surface area contributed by atoms with Gasteiger partial charge in [-0.25, -0.2) is 0 Å². The number of nitrogens with zero attached hydrogens (tertiary/aromatic N) is 1. The lowest BCUT2D eigenvalue weighted by Crippen LogP contribution is -2.52. The maximum Gasteiger partial charge on any atom is 0.433 e. The van der Waals surface area contributed by atoms with Gasteiger partial charge in [0.1, 0.15) is 17.0 Å². The van der Waals surface area contributed by atoms with Crippen LogP contribution in [0, 0.1) is 0 Å². The molecule has 2 aromatic rings. The Balaban J connectivity index is 1.75. The summed E-state index contributed by atoms with van der Waals surface area (Å²) in [7, 11) is 1.53. The van der Waals surface area contributed by atoms with Gasteiger partial charge in [0, 0.05) is 12.8 Å². The van der Waals surface area contributed by atoms with Crippen molar-refractivity contribution >= 4 is 0 Å². The standard InChI is InChI=1S/C17H17F3N2O4/c1-24-11-4-2-10(3-5-11)8-15(23)9-12-13(16(15)25-6-7-26-16)14(22-21-12)17(18,19)20/h2-5,23H,6-9H2,1H3,(H,21,22). The molecule has 4 rings (SSSR count). The van der Waals surface area contributed by atoms with Crippen LogP contribution in [0.2, 0.25) is 0 Å². The van der Waals surface area contributed by atoms with Gasteiger partial charge in [0.15, 0.2) is 0 Å². The van der Waals surface area contributed by atoms with E-state index in [4.69, 9.17) is 14.2 Å². The molecule has 1 aromatic heterocycles. The number of nitrogens with one attached hydrogen (secondary N) is 1. The summed E-state index contributed by atoms with van der Waals surface area (Å²) in [6, 6.07) is 6.92. The van der Waals surface area contributed by atoms with Crippen molar-refractivity contribution in [2.45, 2.75) is 30.4 Å². The fourth-order valence-electron chi connectivity index (χ4n) is 3.78. The predicted molar refractivity (Wildman–Crippen MR) is 82.5 cm³/mol. The smallest absolute Gasteiger partial charge is 0.433 e. The molecule has 1 spiro atoms. The molecule has 26 heavy (non-hydrogen) atoms. The van der Waals surface area contributed by atoms with Crippen molar-refractivity contribution in [2.75, 3.05) is 20.3 Å². The normalized spacial score (nSPS) is 24.2. The summed E-state index contributed by atoms with van der Waals surface area (Å²) >= 11 is 0.